The molecular formula is C10H14ClNO2. The molecule has 0 spiro atoms. The molecule has 0 bridgehead atoms. The molecule has 78 valence electrons. The van der Waals surface area contributed by atoms with Crippen LogP contribution in [0.1, 0.15) is 12.5 Å². The fraction of sp³-hybridized carbons (Fsp3) is 0.300. The van der Waals surface area contributed by atoms with Gasteiger partial charge in [0.25, 0.3) is 0 Å². The van der Waals surface area contributed by atoms with Crippen molar-refractivity contribution < 1.29 is 9.53 Å². The standard InChI is InChI=1S/C10H13NO2.ClH/c1-2-13-10(12)7-8-4-3-5-9(11)6-8;/h3-6H,2,7,11H2,1H3;1H. The van der Waals surface area contributed by atoms with Crippen molar-refractivity contribution in [3.8, 4) is 0 Å². The Hall–Kier alpha value is -1.22. The van der Waals surface area contributed by atoms with Gasteiger partial charge >= 0.3 is 5.97 Å². The van der Waals surface area contributed by atoms with Crippen molar-refractivity contribution in [2.45, 2.75) is 13.3 Å². The predicted molar refractivity (Wildman–Crippen MR) is 58.4 cm³/mol. The Morgan fingerprint density at radius 2 is 2.21 bits per heavy atom. The van der Waals surface area contributed by atoms with Crippen LogP contribution in [0, 0.1) is 0 Å². The number of carbonyl (C=O) groups is 1. The molecule has 0 aromatic heterocycles. The van der Waals surface area contributed by atoms with Crippen LogP contribution >= 0.6 is 12.4 Å². The van der Waals surface area contributed by atoms with Crippen LogP contribution in [-0.4, -0.2) is 12.6 Å². The Kier molecular flexibility index (Phi) is 5.72. The molecule has 0 radical (unpaired) electrons. The van der Waals surface area contributed by atoms with E-state index in [2.05, 4.69) is 0 Å². The summed E-state index contributed by atoms with van der Waals surface area (Å²) >= 11 is 0. The van der Waals surface area contributed by atoms with Gasteiger partial charge in [0.05, 0.1) is 13.0 Å². The summed E-state index contributed by atoms with van der Waals surface area (Å²) in [6, 6.07) is 7.24. The van der Waals surface area contributed by atoms with E-state index in [1.807, 2.05) is 12.1 Å². The quantitative estimate of drug-likeness (QED) is 0.618. The molecule has 0 saturated carbocycles. The van der Waals surface area contributed by atoms with Gasteiger partial charge < -0.3 is 10.5 Å². The van der Waals surface area contributed by atoms with Gasteiger partial charge in [-0.2, -0.15) is 0 Å². The van der Waals surface area contributed by atoms with E-state index in [0.717, 1.165) is 5.56 Å². The molecule has 0 fully saturated rings. The van der Waals surface area contributed by atoms with Crippen molar-refractivity contribution in [2.75, 3.05) is 12.3 Å². The van der Waals surface area contributed by atoms with E-state index >= 15 is 0 Å². The number of anilines is 1. The lowest BCUT2D eigenvalue weighted by Crippen LogP contribution is -2.07. The third-order valence-corrected chi connectivity index (χ3v) is 1.60. The summed E-state index contributed by atoms with van der Waals surface area (Å²) in [6.45, 7) is 2.21. The van der Waals surface area contributed by atoms with Crippen molar-refractivity contribution in [3.63, 3.8) is 0 Å². The number of hydrogen-bond donors (Lipinski definition) is 1. The molecule has 1 rings (SSSR count). The topological polar surface area (TPSA) is 52.3 Å². The second kappa shape index (κ2) is 6.27. The zero-order valence-corrected chi connectivity index (χ0v) is 8.84. The molecule has 0 saturated heterocycles. The molecule has 4 heteroatoms. The molecule has 0 heterocycles. The zero-order valence-electron chi connectivity index (χ0n) is 8.03. The minimum absolute atomic E-state index is 0. The van der Waals surface area contributed by atoms with Gasteiger partial charge in [-0.1, -0.05) is 12.1 Å². The molecule has 0 amide bonds. The number of hydrogen-bond acceptors (Lipinski definition) is 3. The maximum absolute atomic E-state index is 11.1. The van der Waals surface area contributed by atoms with Crippen molar-refractivity contribution in [2.24, 2.45) is 0 Å². The van der Waals surface area contributed by atoms with E-state index in [1.165, 1.54) is 0 Å². The molecule has 0 aliphatic carbocycles. The third-order valence-electron chi connectivity index (χ3n) is 1.60. The summed E-state index contributed by atoms with van der Waals surface area (Å²) in [5, 5.41) is 0. The number of esters is 1. The lowest BCUT2D eigenvalue weighted by molar-refractivity contribution is -0.142. The van der Waals surface area contributed by atoms with Crippen molar-refractivity contribution in [1.29, 1.82) is 0 Å². The summed E-state index contributed by atoms with van der Waals surface area (Å²) in [6.07, 6.45) is 0.291. The SMILES string of the molecule is CCOC(=O)Cc1cccc(N)c1.Cl. The van der Waals surface area contributed by atoms with Gasteiger partial charge in [0.2, 0.25) is 0 Å². The van der Waals surface area contributed by atoms with E-state index in [4.69, 9.17) is 10.5 Å². The van der Waals surface area contributed by atoms with Crippen LogP contribution in [-0.2, 0) is 16.0 Å². The number of nitrogens with two attached hydrogens (primary N) is 1. The normalized spacial score (nSPS) is 8.93. The van der Waals surface area contributed by atoms with Crippen molar-refractivity contribution >= 4 is 24.1 Å². The largest absolute Gasteiger partial charge is 0.466 e. The summed E-state index contributed by atoms with van der Waals surface area (Å²) in [5.41, 5.74) is 7.11. The first-order valence-corrected chi connectivity index (χ1v) is 4.22. The lowest BCUT2D eigenvalue weighted by Gasteiger charge is -2.02. The molecular weight excluding hydrogens is 202 g/mol. The van der Waals surface area contributed by atoms with E-state index in [1.54, 1.807) is 19.1 Å². The van der Waals surface area contributed by atoms with E-state index in [-0.39, 0.29) is 18.4 Å². The number of benzene rings is 1. The van der Waals surface area contributed by atoms with Crippen LogP contribution in [0.15, 0.2) is 24.3 Å². The average molecular weight is 216 g/mol. The number of nitrogen functional groups attached to an aromatic ring is 1. The molecule has 0 aliphatic heterocycles. The Morgan fingerprint density at radius 1 is 1.50 bits per heavy atom. The molecule has 3 nitrogen and oxygen atoms in total. The lowest BCUT2D eigenvalue weighted by atomic mass is 10.1. The van der Waals surface area contributed by atoms with Gasteiger partial charge in [-0.15, -0.1) is 12.4 Å². The molecule has 1 aromatic carbocycles. The Morgan fingerprint density at radius 3 is 2.79 bits per heavy atom. The third kappa shape index (κ3) is 4.14. The van der Waals surface area contributed by atoms with E-state index in [9.17, 15) is 4.79 Å². The Labute approximate surface area is 89.7 Å². The zero-order chi connectivity index (χ0) is 9.68. The highest BCUT2D eigenvalue weighted by Crippen LogP contribution is 2.07. The summed E-state index contributed by atoms with van der Waals surface area (Å²) in [4.78, 5) is 11.1. The monoisotopic (exact) mass is 215 g/mol. The first-order chi connectivity index (χ1) is 6.22. The van der Waals surface area contributed by atoms with Crippen LogP contribution < -0.4 is 5.73 Å². The molecule has 14 heavy (non-hydrogen) atoms. The Balaban J connectivity index is 0.00000169. The number of halogens is 1. The van der Waals surface area contributed by atoms with Gasteiger partial charge in [-0.3, -0.25) is 4.79 Å². The maximum atomic E-state index is 11.1. The number of carbonyl (C=O) groups excluding carboxylic acids is 1. The molecule has 2 N–H and O–H groups in total. The van der Waals surface area contributed by atoms with Crippen molar-refractivity contribution in [1.82, 2.24) is 0 Å². The molecule has 0 unspecified atom stereocenters. The first-order valence-electron chi connectivity index (χ1n) is 4.22. The van der Waals surface area contributed by atoms with Gasteiger partial charge in [-0.05, 0) is 24.6 Å². The second-order valence-corrected chi connectivity index (χ2v) is 2.73. The van der Waals surface area contributed by atoms with Gasteiger partial charge in [0.1, 0.15) is 0 Å². The van der Waals surface area contributed by atoms with Gasteiger partial charge in [0, 0.05) is 5.69 Å². The highest BCUT2D eigenvalue weighted by Gasteiger charge is 2.02. The summed E-state index contributed by atoms with van der Waals surface area (Å²) < 4.78 is 4.81. The minimum Gasteiger partial charge on any atom is -0.466 e. The minimum atomic E-state index is -0.215. The second-order valence-electron chi connectivity index (χ2n) is 2.73. The average Bonchev–Trinajstić information content (AvgIpc) is 2.04. The van der Waals surface area contributed by atoms with Gasteiger partial charge in [-0.25, -0.2) is 0 Å². The highest BCUT2D eigenvalue weighted by molar-refractivity contribution is 5.85. The van der Waals surface area contributed by atoms with E-state index in [0.29, 0.717) is 18.7 Å². The van der Waals surface area contributed by atoms with Crippen LogP contribution in [0.25, 0.3) is 0 Å². The van der Waals surface area contributed by atoms with Gasteiger partial charge in [0.15, 0.2) is 0 Å². The Bertz CT molecular complexity index is 302. The summed E-state index contributed by atoms with van der Waals surface area (Å²) in [5.74, 6) is -0.215. The first kappa shape index (κ1) is 12.8. The van der Waals surface area contributed by atoms with Crippen LogP contribution in [0.4, 0.5) is 5.69 Å². The predicted octanol–water partition coefficient (Wildman–Crippen LogP) is 1.80. The molecule has 0 atom stereocenters. The number of rotatable bonds is 3. The van der Waals surface area contributed by atoms with Crippen LogP contribution in [0.2, 0.25) is 0 Å². The smallest absolute Gasteiger partial charge is 0.310 e. The van der Waals surface area contributed by atoms with E-state index < -0.39 is 0 Å². The maximum Gasteiger partial charge on any atom is 0.310 e. The molecule has 0 aliphatic rings. The van der Waals surface area contributed by atoms with Crippen molar-refractivity contribution in [3.05, 3.63) is 29.8 Å². The molecule has 1 aromatic rings. The fourth-order valence-electron chi connectivity index (χ4n) is 1.08. The highest BCUT2D eigenvalue weighted by atomic mass is 35.5. The summed E-state index contributed by atoms with van der Waals surface area (Å²) in [7, 11) is 0. The number of ether oxygens (including phenoxy) is 1. The van der Waals surface area contributed by atoms with Crippen LogP contribution in [0.5, 0.6) is 0 Å². The van der Waals surface area contributed by atoms with Crippen LogP contribution in [0.3, 0.4) is 0 Å². The fourth-order valence-corrected chi connectivity index (χ4v) is 1.08.